The number of ether oxygens (including phenoxy) is 5. The normalized spacial score (nSPS) is 22.9. The van der Waals surface area contributed by atoms with Crippen molar-refractivity contribution < 1.29 is 33.3 Å². The first-order chi connectivity index (χ1) is 13.2. The molecule has 0 aliphatic carbocycles. The zero-order valence-electron chi connectivity index (χ0n) is 17.4. The molecule has 0 radical (unpaired) electrons. The average Bonchev–Trinajstić information content (AvgIpc) is 2.97. The maximum atomic E-state index is 12.3. The lowest BCUT2D eigenvalue weighted by molar-refractivity contribution is -0.170. The zero-order valence-corrected chi connectivity index (χ0v) is 17.4. The second-order valence-electron chi connectivity index (χ2n) is 7.43. The van der Waals surface area contributed by atoms with Crippen LogP contribution in [0.25, 0.3) is 0 Å². The third-order valence-electron chi connectivity index (χ3n) is 4.55. The van der Waals surface area contributed by atoms with E-state index in [9.17, 15) is 9.59 Å². The first-order valence-corrected chi connectivity index (χ1v) is 9.54. The molecule has 1 aliphatic rings. The minimum absolute atomic E-state index is 0.0881. The summed E-state index contributed by atoms with van der Waals surface area (Å²) in [6, 6.07) is 6.73. The summed E-state index contributed by atoms with van der Waals surface area (Å²) in [5.74, 6) is -1.14. The van der Waals surface area contributed by atoms with Gasteiger partial charge in [0.15, 0.2) is 11.9 Å². The second-order valence-corrected chi connectivity index (χ2v) is 7.43. The quantitative estimate of drug-likeness (QED) is 0.626. The van der Waals surface area contributed by atoms with E-state index in [-0.39, 0.29) is 18.6 Å². The van der Waals surface area contributed by atoms with Crippen LogP contribution in [0.4, 0.5) is 0 Å². The molecular weight excluding hydrogens is 364 g/mol. The van der Waals surface area contributed by atoms with E-state index in [1.807, 2.05) is 13.8 Å². The summed E-state index contributed by atoms with van der Waals surface area (Å²) in [7, 11) is 1.57. The molecule has 1 heterocycles. The van der Waals surface area contributed by atoms with Crippen LogP contribution >= 0.6 is 0 Å². The number of methoxy groups -OCH3 is 1. The van der Waals surface area contributed by atoms with E-state index in [2.05, 4.69) is 0 Å². The zero-order chi connectivity index (χ0) is 20.9. The van der Waals surface area contributed by atoms with Crippen molar-refractivity contribution in [1.82, 2.24) is 0 Å². The molecule has 2 rings (SSSR count). The highest BCUT2D eigenvalue weighted by molar-refractivity contribution is 5.89. The Balaban J connectivity index is 1.96. The maximum Gasteiger partial charge on any atom is 0.338 e. The minimum atomic E-state index is -0.876. The molecule has 1 fully saturated rings. The van der Waals surface area contributed by atoms with Crippen LogP contribution < -0.4 is 4.74 Å². The van der Waals surface area contributed by atoms with Gasteiger partial charge in [0.1, 0.15) is 11.9 Å². The standard InChI is InChI=1S/C21H30O7/c1-7-25-20(23)18-17(27-21(4,5)28-18)13(2)12-14(3)26-19(22)15-8-10-16(24-6)11-9-15/h8-11,13-14,17-18H,7,12H2,1-6H3/t13-,14+,17+,18-/m1/s1. The van der Waals surface area contributed by atoms with Crippen molar-refractivity contribution in [3.05, 3.63) is 29.8 Å². The SMILES string of the molecule is CCOC(=O)[C@@H]1OC(C)(C)O[C@H]1[C@H](C)C[C@H](C)OC(=O)c1ccc(OC)cc1. The topological polar surface area (TPSA) is 80.3 Å². The van der Waals surface area contributed by atoms with Crippen LogP contribution in [0, 0.1) is 5.92 Å². The molecule has 0 N–H and O–H groups in total. The Labute approximate surface area is 166 Å². The Hall–Kier alpha value is -2.12. The summed E-state index contributed by atoms with van der Waals surface area (Å²) < 4.78 is 27.4. The fraction of sp³-hybridized carbons (Fsp3) is 0.619. The molecule has 7 nitrogen and oxygen atoms in total. The summed E-state index contributed by atoms with van der Waals surface area (Å²) in [6.07, 6.45) is -1.12. The molecule has 0 spiro atoms. The Morgan fingerprint density at radius 3 is 2.36 bits per heavy atom. The van der Waals surface area contributed by atoms with Crippen LogP contribution in [-0.2, 0) is 23.7 Å². The summed E-state index contributed by atoms with van der Waals surface area (Å²) in [5.41, 5.74) is 0.450. The summed E-state index contributed by atoms with van der Waals surface area (Å²) in [4.78, 5) is 24.6. The van der Waals surface area contributed by atoms with E-state index < -0.39 is 29.9 Å². The number of carbonyl (C=O) groups is 2. The van der Waals surface area contributed by atoms with E-state index in [1.54, 1.807) is 52.1 Å². The second kappa shape index (κ2) is 9.39. The highest BCUT2D eigenvalue weighted by Crippen LogP contribution is 2.34. The molecular formula is C21H30O7. The van der Waals surface area contributed by atoms with Gasteiger partial charge in [-0.25, -0.2) is 9.59 Å². The van der Waals surface area contributed by atoms with Gasteiger partial charge >= 0.3 is 11.9 Å². The Morgan fingerprint density at radius 2 is 1.79 bits per heavy atom. The lowest BCUT2D eigenvalue weighted by Crippen LogP contribution is -2.38. The van der Waals surface area contributed by atoms with Crippen LogP contribution in [0.5, 0.6) is 5.75 Å². The predicted octanol–water partition coefficient (Wildman–Crippen LogP) is 3.35. The summed E-state index contributed by atoms with van der Waals surface area (Å²) in [5, 5.41) is 0. The highest BCUT2D eigenvalue weighted by Gasteiger charge is 2.48. The number of benzene rings is 1. The number of hydrogen-bond acceptors (Lipinski definition) is 7. The molecule has 0 unspecified atom stereocenters. The Morgan fingerprint density at radius 1 is 1.14 bits per heavy atom. The molecule has 4 atom stereocenters. The number of carbonyl (C=O) groups excluding carboxylic acids is 2. The molecule has 0 saturated carbocycles. The van der Waals surface area contributed by atoms with Gasteiger partial charge < -0.3 is 23.7 Å². The molecule has 1 aromatic rings. The van der Waals surface area contributed by atoms with Gasteiger partial charge in [-0.15, -0.1) is 0 Å². The fourth-order valence-electron chi connectivity index (χ4n) is 3.29. The predicted molar refractivity (Wildman–Crippen MR) is 102 cm³/mol. The van der Waals surface area contributed by atoms with Crippen molar-refractivity contribution in [3.8, 4) is 5.75 Å². The molecule has 0 amide bonds. The minimum Gasteiger partial charge on any atom is -0.497 e. The van der Waals surface area contributed by atoms with Gasteiger partial charge in [0.25, 0.3) is 0 Å². The van der Waals surface area contributed by atoms with Gasteiger partial charge in [-0.05, 0) is 64.3 Å². The molecule has 7 heteroatoms. The smallest absolute Gasteiger partial charge is 0.338 e. The van der Waals surface area contributed by atoms with Crippen LogP contribution in [0.2, 0.25) is 0 Å². The van der Waals surface area contributed by atoms with Gasteiger partial charge in [0, 0.05) is 0 Å². The fourth-order valence-corrected chi connectivity index (χ4v) is 3.29. The first-order valence-electron chi connectivity index (χ1n) is 9.54. The Kier molecular flexibility index (Phi) is 7.43. The van der Waals surface area contributed by atoms with E-state index in [0.717, 1.165) is 0 Å². The number of rotatable bonds is 8. The molecule has 0 bridgehead atoms. The van der Waals surface area contributed by atoms with Crippen molar-refractivity contribution in [2.45, 2.75) is 65.1 Å². The van der Waals surface area contributed by atoms with Crippen molar-refractivity contribution in [3.63, 3.8) is 0 Å². The van der Waals surface area contributed by atoms with Crippen LogP contribution in [0.3, 0.4) is 0 Å². The lowest BCUT2D eigenvalue weighted by atomic mass is 9.94. The molecule has 28 heavy (non-hydrogen) atoms. The van der Waals surface area contributed by atoms with E-state index in [1.165, 1.54) is 0 Å². The van der Waals surface area contributed by atoms with Crippen LogP contribution in [0.1, 0.15) is 51.4 Å². The number of esters is 2. The third-order valence-corrected chi connectivity index (χ3v) is 4.55. The van der Waals surface area contributed by atoms with Gasteiger partial charge in [0.2, 0.25) is 0 Å². The monoisotopic (exact) mass is 394 g/mol. The molecule has 0 aromatic heterocycles. The average molecular weight is 394 g/mol. The van der Waals surface area contributed by atoms with Crippen LogP contribution in [0.15, 0.2) is 24.3 Å². The van der Waals surface area contributed by atoms with Gasteiger partial charge in [-0.3, -0.25) is 0 Å². The summed E-state index contributed by atoms with van der Waals surface area (Å²) in [6.45, 7) is 9.31. The third kappa shape index (κ3) is 5.69. The van der Waals surface area contributed by atoms with Crippen molar-refractivity contribution in [1.29, 1.82) is 0 Å². The van der Waals surface area contributed by atoms with Gasteiger partial charge in [-0.1, -0.05) is 6.92 Å². The lowest BCUT2D eigenvalue weighted by Gasteiger charge is -2.25. The van der Waals surface area contributed by atoms with Crippen molar-refractivity contribution >= 4 is 11.9 Å². The maximum absolute atomic E-state index is 12.3. The van der Waals surface area contributed by atoms with Crippen LogP contribution in [-0.4, -0.2) is 49.8 Å². The van der Waals surface area contributed by atoms with Gasteiger partial charge in [-0.2, -0.15) is 0 Å². The summed E-state index contributed by atoms with van der Waals surface area (Å²) >= 11 is 0. The largest absolute Gasteiger partial charge is 0.497 e. The highest BCUT2D eigenvalue weighted by atomic mass is 16.8. The van der Waals surface area contributed by atoms with Crippen molar-refractivity contribution in [2.24, 2.45) is 5.92 Å². The van der Waals surface area contributed by atoms with Crippen molar-refractivity contribution in [2.75, 3.05) is 13.7 Å². The van der Waals surface area contributed by atoms with E-state index >= 15 is 0 Å². The molecule has 156 valence electrons. The van der Waals surface area contributed by atoms with E-state index in [0.29, 0.717) is 17.7 Å². The molecule has 1 saturated heterocycles. The van der Waals surface area contributed by atoms with E-state index in [4.69, 9.17) is 23.7 Å². The Bertz CT molecular complexity index is 668. The molecule has 1 aromatic carbocycles. The number of hydrogen-bond donors (Lipinski definition) is 0. The van der Waals surface area contributed by atoms with Gasteiger partial charge in [0.05, 0.1) is 25.4 Å². The molecule has 1 aliphatic heterocycles. The first kappa shape index (κ1) is 22.2.